The minimum atomic E-state index is -1.49. The molecule has 1 amide bonds. The van der Waals surface area contributed by atoms with Crippen LogP contribution < -0.4 is 16.8 Å². The zero-order valence-electron chi connectivity index (χ0n) is 16.3. The lowest BCUT2D eigenvalue weighted by atomic mass is 10.1. The molecule has 0 aromatic heterocycles. The van der Waals surface area contributed by atoms with E-state index >= 15 is 0 Å². The average molecular weight is 439 g/mol. The molecule has 0 saturated carbocycles. The Hall–Kier alpha value is -3.23. The quantitative estimate of drug-likeness (QED) is 0.349. The number of carbonyl (C=O) groups excluding carboxylic acids is 1. The molecule has 6 nitrogen and oxygen atoms in total. The largest absolute Gasteiger partial charge is 0.405 e. The van der Waals surface area contributed by atoms with E-state index in [1.54, 1.807) is 12.1 Å². The predicted octanol–water partition coefficient (Wildman–Crippen LogP) is 3.59. The lowest BCUT2D eigenvalue weighted by Gasteiger charge is -2.08. The van der Waals surface area contributed by atoms with Crippen LogP contribution in [0.5, 0.6) is 0 Å². The first-order valence-corrected chi connectivity index (χ1v) is 9.02. The van der Waals surface area contributed by atoms with E-state index in [0.717, 1.165) is 11.6 Å². The number of aliphatic hydroxyl groups excluding tert-OH is 1. The van der Waals surface area contributed by atoms with Gasteiger partial charge in [0.05, 0.1) is 11.1 Å². The SMILES string of the molecule is C=C(N)c1ccc(Cl)cc1.C=CN.N=C(F)c1c(F)cccc1C(=O)NCCCO. The summed E-state index contributed by atoms with van der Waals surface area (Å²) in [5, 5.41) is 18.4. The summed E-state index contributed by atoms with van der Waals surface area (Å²) in [6, 6.07) is 10.7. The Balaban J connectivity index is 0.000000546. The molecule has 30 heavy (non-hydrogen) atoms. The van der Waals surface area contributed by atoms with Crippen molar-refractivity contribution in [3.8, 4) is 0 Å². The molecule has 0 atom stereocenters. The number of benzene rings is 2. The Labute approximate surface area is 179 Å². The number of amides is 1. The summed E-state index contributed by atoms with van der Waals surface area (Å²) in [7, 11) is 0. The standard InChI is InChI=1S/C11H12F2N2O2.C8H8ClN.C2H5N/c12-8-4-1-3-7(9(8)10(13)14)11(17)15-5-2-6-16;1-6(10)7-2-4-8(9)5-3-7;1-2-3/h1,3-4,14,16H,2,5-6H2,(H,15,17);2-5H,1,10H2;2H,1,3H2. The van der Waals surface area contributed by atoms with Gasteiger partial charge >= 0.3 is 0 Å². The van der Waals surface area contributed by atoms with Crippen LogP contribution in [-0.4, -0.2) is 30.1 Å². The van der Waals surface area contributed by atoms with Crippen LogP contribution in [0.3, 0.4) is 0 Å². The van der Waals surface area contributed by atoms with Crippen molar-refractivity contribution in [2.75, 3.05) is 13.2 Å². The van der Waals surface area contributed by atoms with Crippen molar-refractivity contribution in [2.24, 2.45) is 11.5 Å². The molecule has 0 saturated heterocycles. The zero-order valence-corrected chi connectivity index (χ0v) is 17.1. The summed E-state index contributed by atoms with van der Waals surface area (Å²) in [5.41, 5.74) is 10.7. The summed E-state index contributed by atoms with van der Waals surface area (Å²) in [5.74, 6) is -3.11. The minimum Gasteiger partial charge on any atom is -0.405 e. The van der Waals surface area contributed by atoms with Gasteiger partial charge in [0.2, 0.25) is 5.97 Å². The van der Waals surface area contributed by atoms with Crippen LogP contribution in [0.4, 0.5) is 8.78 Å². The molecule has 0 aliphatic carbocycles. The van der Waals surface area contributed by atoms with Crippen LogP contribution in [0.15, 0.2) is 61.8 Å². The summed E-state index contributed by atoms with van der Waals surface area (Å²) in [6.45, 7) is 6.84. The van der Waals surface area contributed by atoms with E-state index < -0.39 is 23.3 Å². The fourth-order valence-electron chi connectivity index (χ4n) is 1.98. The maximum atomic E-state index is 13.2. The van der Waals surface area contributed by atoms with E-state index in [2.05, 4.69) is 24.2 Å². The smallest absolute Gasteiger partial charge is 0.252 e. The Kier molecular flexibility index (Phi) is 13.1. The van der Waals surface area contributed by atoms with Gasteiger partial charge in [-0.3, -0.25) is 10.2 Å². The molecule has 2 aromatic carbocycles. The molecule has 0 unspecified atom stereocenters. The van der Waals surface area contributed by atoms with Crippen LogP contribution >= 0.6 is 11.6 Å². The highest BCUT2D eigenvalue weighted by atomic mass is 35.5. The molecule has 0 spiro atoms. The van der Waals surface area contributed by atoms with Gasteiger partial charge in [-0.1, -0.05) is 43.0 Å². The summed E-state index contributed by atoms with van der Waals surface area (Å²) in [6.07, 6.45) is 1.60. The lowest BCUT2D eigenvalue weighted by molar-refractivity contribution is 0.0950. The van der Waals surface area contributed by atoms with Crippen LogP contribution in [0.1, 0.15) is 27.9 Å². The van der Waals surface area contributed by atoms with Gasteiger partial charge in [-0.25, -0.2) is 4.39 Å². The van der Waals surface area contributed by atoms with Crippen molar-refractivity contribution in [2.45, 2.75) is 6.42 Å². The normalized spacial score (nSPS) is 9.20. The van der Waals surface area contributed by atoms with Gasteiger partial charge in [0.1, 0.15) is 5.82 Å². The lowest BCUT2D eigenvalue weighted by Crippen LogP contribution is -2.27. The molecule has 162 valence electrons. The molecule has 0 bridgehead atoms. The van der Waals surface area contributed by atoms with Gasteiger partial charge in [-0.05, 0) is 42.4 Å². The number of hydrogen-bond donors (Lipinski definition) is 5. The van der Waals surface area contributed by atoms with Gasteiger partial charge in [-0.2, -0.15) is 4.39 Å². The molecule has 0 fully saturated rings. The molecular formula is C21H25ClF2N4O2. The molecule has 9 heteroatoms. The number of halogens is 3. The fraction of sp³-hybridized carbons (Fsp3) is 0.143. The number of nitrogens with two attached hydrogens (primary N) is 2. The minimum absolute atomic E-state index is 0.0881. The van der Waals surface area contributed by atoms with Crippen molar-refractivity contribution < 1.29 is 18.7 Å². The van der Waals surface area contributed by atoms with E-state index in [-0.39, 0.29) is 18.7 Å². The summed E-state index contributed by atoms with van der Waals surface area (Å²) < 4.78 is 26.1. The molecule has 0 radical (unpaired) electrons. The maximum absolute atomic E-state index is 13.2. The van der Waals surface area contributed by atoms with Gasteiger partial charge in [0.15, 0.2) is 0 Å². The van der Waals surface area contributed by atoms with E-state index in [0.29, 0.717) is 17.1 Å². The highest BCUT2D eigenvalue weighted by Gasteiger charge is 2.18. The molecule has 2 rings (SSSR count). The second-order valence-corrected chi connectivity index (χ2v) is 6.01. The van der Waals surface area contributed by atoms with Crippen LogP contribution in [0, 0.1) is 11.2 Å². The Bertz CT molecular complexity index is 859. The van der Waals surface area contributed by atoms with Gasteiger partial charge in [0.25, 0.3) is 5.91 Å². The van der Waals surface area contributed by atoms with E-state index in [1.807, 2.05) is 12.1 Å². The van der Waals surface area contributed by atoms with Crippen molar-refractivity contribution in [1.29, 1.82) is 5.41 Å². The van der Waals surface area contributed by atoms with E-state index in [4.69, 9.17) is 27.9 Å². The van der Waals surface area contributed by atoms with Crippen molar-refractivity contribution in [3.05, 3.63) is 89.4 Å². The highest BCUT2D eigenvalue weighted by Crippen LogP contribution is 2.15. The molecule has 0 aliphatic rings. The molecular weight excluding hydrogens is 414 g/mol. The number of rotatable bonds is 6. The van der Waals surface area contributed by atoms with Gasteiger partial charge < -0.3 is 21.9 Å². The fourth-order valence-corrected chi connectivity index (χ4v) is 2.10. The molecule has 7 N–H and O–H groups in total. The third kappa shape index (κ3) is 9.81. The maximum Gasteiger partial charge on any atom is 0.252 e. The summed E-state index contributed by atoms with van der Waals surface area (Å²) in [4.78, 5) is 11.6. The first kappa shape index (κ1) is 26.8. The number of hydrogen-bond acceptors (Lipinski definition) is 5. The Morgan fingerprint density at radius 3 is 2.30 bits per heavy atom. The second-order valence-electron chi connectivity index (χ2n) is 5.58. The molecule has 2 aromatic rings. The highest BCUT2D eigenvalue weighted by molar-refractivity contribution is 6.30. The third-order valence-electron chi connectivity index (χ3n) is 3.31. The third-order valence-corrected chi connectivity index (χ3v) is 3.57. The topological polar surface area (TPSA) is 125 Å². The van der Waals surface area contributed by atoms with Crippen molar-refractivity contribution in [3.63, 3.8) is 0 Å². The van der Waals surface area contributed by atoms with Gasteiger partial charge in [0, 0.05) is 23.9 Å². The van der Waals surface area contributed by atoms with Gasteiger partial charge in [-0.15, -0.1) is 0 Å². The van der Waals surface area contributed by atoms with Crippen molar-refractivity contribution >= 4 is 29.2 Å². The molecule has 0 aliphatic heterocycles. The Morgan fingerprint density at radius 1 is 1.27 bits per heavy atom. The van der Waals surface area contributed by atoms with Crippen molar-refractivity contribution in [1.82, 2.24) is 5.32 Å². The second kappa shape index (κ2) is 14.7. The van der Waals surface area contributed by atoms with E-state index in [1.165, 1.54) is 18.3 Å². The van der Waals surface area contributed by atoms with Crippen LogP contribution in [0.2, 0.25) is 5.02 Å². The average Bonchev–Trinajstić information content (AvgIpc) is 2.69. The monoisotopic (exact) mass is 438 g/mol. The zero-order chi connectivity index (χ0) is 23.1. The molecule has 0 heterocycles. The van der Waals surface area contributed by atoms with Crippen LogP contribution in [-0.2, 0) is 0 Å². The first-order valence-electron chi connectivity index (χ1n) is 8.64. The predicted molar refractivity (Wildman–Crippen MR) is 117 cm³/mol. The summed E-state index contributed by atoms with van der Waals surface area (Å²) >= 11 is 5.65. The number of aliphatic hydroxyl groups is 1. The van der Waals surface area contributed by atoms with Crippen LogP contribution in [0.25, 0.3) is 5.70 Å². The number of nitrogens with one attached hydrogen (secondary N) is 2. The number of carbonyl (C=O) groups is 1. The van der Waals surface area contributed by atoms with E-state index in [9.17, 15) is 13.6 Å². The Morgan fingerprint density at radius 2 is 1.83 bits per heavy atom. The first-order chi connectivity index (χ1) is 14.2.